The van der Waals surface area contributed by atoms with Crippen molar-refractivity contribution >= 4 is 64.7 Å². The zero-order valence-electron chi connectivity index (χ0n) is 62.7. The summed E-state index contributed by atoms with van der Waals surface area (Å²) in [5.74, 6) is 3.81. The van der Waals surface area contributed by atoms with E-state index >= 15 is 0 Å². The van der Waals surface area contributed by atoms with Gasteiger partial charge in [0.25, 0.3) is 0 Å². The lowest BCUT2D eigenvalue weighted by atomic mass is 9.94. The Hall–Kier alpha value is -14.9. The first-order valence-electron chi connectivity index (χ1n) is 38.7. The number of aromatic nitrogens is 8. The van der Waals surface area contributed by atoms with Gasteiger partial charge in [0.15, 0.2) is 34.9 Å². The van der Waals surface area contributed by atoms with Gasteiger partial charge in [-0.3, -0.25) is 0 Å². The van der Waals surface area contributed by atoms with Crippen LogP contribution in [0.3, 0.4) is 0 Å². The van der Waals surface area contributed by atoms with Crippen molar-refractivity contribution in [2.24, 2.45) is 0 Å². The van der Waals surface area contributed by atoms with Crippen molar-refractivity contribution in [2.45, 2.75) is 0 Å². The van der Waals surface area contributed by atoms with E-state index in [4.69, 9.17) is 39.9 Å². The second kappa shape index (κ2) is 31.3. The first-order valence-corrected chi connectivity index (χ1v) is 40.3. The van der Waals surface area contributed by atoms with E-state index in [0.29, 0.717) is 34.9 Å². The summed E-state index contributed by atoms with van der Waals surface area (Å²) in [4.78, 5) is 43.2. The molecule has 21 aromatic rings. The van der Waals surface area contributed by atoms with Crippen LogP contribution in [-0.4, -0.2) is 39.9 Å². The van der Waals surface area contributed by atoms with E-state index in [1.54, 1.807) is 0 Å². The Labute approximate surface area is 679 Å². The first kappa shape index (κ1) is 70.2. The van der Waals surface area contributed by atoms with Crippen LogP contribution in [0.15, 0.2) is 413 Å². The number of benzene rings is 15. The van der Waals surface area contributed by atoms with E-state index in [9.17, 15) is 0 Å². The zero-order chi connectivity index (χ0) is 77.1. The van der Waals surface area contributed by atoms with Gasteiger partial charge < -0.3 is 0 Å². The van der Waals surface area contributed by atoms with Gasteiger partial charge >= 0.3 is 0 Å². The van der Waals surface area contributed by atoms with Crippen molar-refractivity contribution in [3.8, 4) is 167 Å². The van der Waals surface area contributed by atoms with Gasteiger partial charge in [0, 0.05) is 96.3 Å². The average molecular weight is 1520 g/mol. The highest BCUT2D eigenvalue weighted by molar-refractivity contribution is 7.24. The number of nitrogens with zero attached hydrogens (tertiary/aromatic N) is 8. The molecule has 0 aliphatic heterocycles. The van der Waals surface area contributed by atoms with Crippen LogP contribution in [0, 0.1) is 0 Å². The molecule has 10 heteroatoms. The van der Waals surface area contributed by atoms with Crippen molar-refractivity contribution in [3.05, 3.63) is 413 Å². The third-order valence-electron chi connectivity index (χ3n) is 21.1. The molecule has 0 saturated carbocycles. The molecule has 0 amide bonds. The molecule has 8 nitrogen and oxygen atoms in total. The molecule has 0 N–H and O–H groups in total. The van der Waals surface area contributed by atoms with Crippen LogP contribution in [0.1, 0.15) is 0 Å². The van der Waals surface area contributed by atoms with Crippen LogP contribution in [0.25, 0.3) is 209 Å². The SMILES string of the molecule is c1ccc(-c2ccc(-c3nc(-c4ccccc4)nc(-c4ccc(-c5ccc6nc(-c7ccccc7)c7c(-c8ccccc8)c(-c8ccccc8)sc7c6c5)cc4)n3)cc2)cc1.c1ccc(-c2nc(-c3ccccc3)nc(-c3cccc(-c4ccc5nc(-c6ccccc6)c6c(-c7ccccc7)c(-c7ccccc7)sc6c5c4)c3)n2)cc1. The Morgan fingerprint density at radius 3 is 0.724 bits per heavy atom. The Kier molecular flexibility index (Phi) is 19.0. The quantitative estimate of drug-likeness (QED) is 0.1000. The average Bonchev–Trinajstić information content (AvgIpc) is 1.56. The lowest BCUT2D eigenvalue weighted by Crippen LogP contribution is -2.00. The summed E-state index contributed by atoms with van der Waals surface area (Å²) in [7, 11) is 0. The molecule has 6 heterocycles. The normalized spacial score (nSPS) is 11.3. The number of rotatable bonds is 15. The molecule has 0 radical (unpaired) electrons. The van der Waals surface area contributed by atoms with E-state index in [1.807, 2.05) is 120 Å². The predicted octanol–water partition coefficient (Wildman–Crippen LogP) is 28.3. The lowest BCUT2D eigenvalue weighted by Gasteiger charge is -2.12. The standard InChI is InChI=1S/C56H36N4S.C50H32N4S/c1-6-16-37(17-7-1)38-26-30-44(31-27-38)55-58-54(43-24-14-5-15-25-43)59-56(60-55)45-32-28-39(29-33-45)46-34-35-48-47(36-46)53-50(51(57-48)41-20-10-3-11-21-41)49(40-18-8-2-9-19-40)52(61-53)42-22-12-4-13-23-42;1-6-17-33(18-7-1)43-44-45(34-19-8-2-9-20-34)51-42-30-29-39(32-41(42)47(44)55-46(43)35-21-10-3-11-22-35)38-27-16-28-40(31-38)50-53-48(36-23-12-4-13-24-36)52-49(54-50)37-25-14-5-15-26-37/h1-36H;1-32H. The molecule has 0 bridgehead atoms. The molecule has 0 atom stereocenters. The second-order valence-corrected chi connectivity index (χ2v) is 30.5. The second-order valence-electron chi connectivity index (χ2n) is 28.4. The summed E-state index contributed by atoms with van der Waals surface area (Å²) < 4.78 is 2.44. The Balaban J connectivity index is 0.000000150. The molecule has 0 aliphatic carbocycles. The van der Waals surface area contributed by atoms with Gasteiger partial charge in [0.05, 0.1) is 22.4 Å². The molecule has 0 fully saturated rings. The van der Waals surface area contributed by atoms with Crippen LogP contribution in [-0.2, 0) is 0 Å². The van der Waals surface area contributed by atoms with Crippen LogP contribution in [0.5, 0.6) is 0 Å². The van der Waals surface area contributed by atoms with Crippen LogP contribution < -0.4 is 0 Å². The number of fused-ring (bicyclic) bond motifs is 6. The van der Waals surface area contributed by atoms with Crippen LogP contribution in [0.2, 0.25) is 0 Å². The van der Waals surface area contributed by atoms with Gasteiger partial charge in [-0.25, -0.2) is 39.9 Å². The van der Waals surface area contributed by atoms with E-state index in [1.165, 1.54) is 68.9 Å². The maximum absolute atomic E-state index is 5.43. The molecular weight excluding hydrogens is 1450 g/mol. The Morgan fingerprint density at radius 2 is 0.379 bits per heavy atom. The summed E-state index contributed by atoms with van der Waals surface area (Å²) in [6, 6.07) is 144. The highest BCUT2D eigenvalue weighted by Gasteiger charge is 2.26. The fourth-order valence-corrected chi connectivity index (χ4v) is 18.1. The lowest BCUT2D eigenvalue weighted by molar-refractivity contribution is 1.07. The summed E-state index contributed by atoms with van der Waals surface area (Å²) in [6.07, 6.45) is 0. The molecule has 6 aromatic heterocycles. The van der Waals surface area contributed by atoms with E-state index < -0.39 is 0 Å². The molecule has 0 saturated heterocycles. The van der Waals surface area contributed by atoms with E-state index in [-0.39, 0.29) is 0 Å². The fraction of sp³-hybridized carbons (Fsp3) is 0. The van der Waals surface area contributed by atoms with Crippen LogP contribution in [0.4, 0.5) is 0 Å². The van der Waals surface area contributed by atoms with Gasteiger partial charge in [-0.15, -0.1) is 22.7 Å². The smallest absolute Gasteiger partial charge is 0.164 e. The number of hydrogen-bond acceptors (Lipinski definition) is 10. The molecule has 544 valence electrons. The molecule has 15 aromatic carbocycles. The molecule has 0 aliphatic rings. The molecular formula is C106H68N8S2. The summed E-state index contributed by atoms with van der Waals surface area (Å²) in [5, 5.41) is 4.61. The Morgan fingerprint density at radius 1 is 0.155 bits per heavy atom. The van der Waals surface area contributed by atoms with Gasteiger partial charge in [0.2, 0.25) is 0 Å². The minimum absolute atomic E-state index is 0.626. The Bertz CT molecular complexity index is 7050. The van der Waals surface area contributed by atoms with Gasteiger partial charge in [0.1, 0.15) is 0 Å². The highest BCUT2D eigenvalue weighted by atomic mass is 32.1. The minimum Gasteiger partial charge on any atom is -0.247 e. The first-order chi connectivity index (χ1) is 57.5. The maximum atomic E-state index is 5.43. The molecule has 0 spiro atoms. The van der Waals surface area contributed by atoms with Crippen molar-refractivity contribution < 1.29 is 0 Å². The topological polar surface area (TPSA) is 103 Å². The van der Waals surface area contributed by atoms with Gasteiger partial charge in [-0.2, -0.15) is 0 Å². The summed E-state index contributed by atoms with van der Waals surface area (Å²) in [5.41, 5.74) is 25.6. The minimum atomic E-state index is 0.626. The number of thiophene rings is 2. The monoisotopic (exact) mass is 1520 g/mol. The third-order valence-corrected chi connectivity index (χ3v) is 23.6. The van der Waals surface area contributed by atoms with E-state index in [2.05, 4.69) is 315 Å². The highest BCUT2D eigenvalue weighted by Crippen LogP contribution is 2.53. The van der Waals surface area contributed by atoms with E-state index in [0.717, 1.165) is 106 Å². The molecule has 116 heavy (non-hydrogen) atoms. The number of hydrogen-bond donors (Lipinski definition) is 0. The summed E-state index contributed by atoms with van der Waals surface area (Å²) >= 11 is 3.70. The van der Waals surface area contributed by atoms with Crippen molar-refractivity contribution in [2.75, 3.05) is 0 Å². The van der Waals surface area contributed by atoms with Gasteiger partial charge in [-0.05, 0) is 86.0 Å². The third kappa shape index (κ3) is 14.0. The largest absolute Gasteiger partial charge is 0.247 e. The van der Waals surface area contributed by atoms with Crippen molar-refractivity contribution in [3.63, 3.8) is 0 Å². The maximum Gasteiger partial charge on any atom is 0.164 e. The van der Waals surface area contributed by atoms with Crippen molar-refractivity contribution in [1.29, 1.82) is 0 Å². The fourth-order valence-electron chi connectivity index (χ4n) is 15.4. The molecule has 21 rings (SSSR count). The van der Waals surface area contributed by atoms with Crippen molar-refractivity contribution in [1.82, 2.24) is 39.9 Å². The van der Waals surface area contributed by atoms with Gasteiger partial charge in [-0.1, -0.05) is 382 Å². The number of pyridine rings is 2. The zero-order valence-corrected chi connectivity index (χ0v) is 64.3. The van der Waals surface area contributed by atoms with Crippen LogP contribution >= 0.6 is 22.7 Å². The predicted molar refractivity (Wildman–Crippen MR) is 483 cm³/mol. The molecule has 0 unspecified atom stereocenters. The summed E-state index contributed by atoms with van der Waals surface area (Å²) in [6.45, 7) is 0.